The van der Waals surface area contributed by atoms with E-state index in [1.54, 1.807) is 0 Å². The third-order valence-electron chi connectivity index (χ3n) is 2.57. The molecule has 3 nitrogen and oxygen atoms in total. The van der Waals surface area contributed by atoms with Gasteiger partial charge in [0.25, 0.3) is 0 Å². The molecule has 1 unspecified atom stereocenters. The number of aliphatic hydroxyl groups is 1. The van der Waals surface area contributed by atoms with Crippen LogP contribution >= 0.6 is 11.6 Å². The van der Waals surface area contributed by atoms with Crippen LogP contribution < -0.4 is 10.6 Å². The van der Waals surface area contributed by atoms with Crippen LogP contribution in [-0.4, -0.2) is 24.8 Å². The normalized spacial score (nSPS) is 12.6. The van der Waals surface area contributed by atoms with Gasteiger partial charge in [-0.2, -0.15) is 0 Å². The molecule has 0 aliphatic rings. The minimum atomic E-state index is 0.0233. The number of anilines is 1. The molecule has 0 spiro atoms. The Morgan fingerprint density at radius 3 is 2.73 bits per heavy atom. The van der Waals surface area contributed by atoms with Crippen LogP contribution in [0, 0.1) is 0 Å². The lowest BCUT2D eigenvalue weighted by Gasteiger charge is -2.28. The summed E-state index contributed by atoms with van der Waals surface area (Å²) < 4.78 is 0. The lowest BCUT2D eigenvalue weighted by Crippen LogP contribution is -2.33. The van der Waals surface area contributed by atoms with E-state index in [0.29, 0.717) is 11.6 Å². The van der Waals surface area contributed by atoms with Gasteiger partial charge in [-0.3, -0.25) is 0 Å². The SMILES string of the molecule is CC(CO)N(C)c1c(Cl)cccc1CN. The van der Waals surface area contributed by atoms with Crippen molar-refractivity contribution in [2.45, 2.75) is 19.5 Å². The van der Waals surface area contributed by atoms with E-state index < -0.39 is 0 Å². The zero-order valence-electron chi connectivity index (χ0n) is 9.07. The van der Waals surface area contributed by atoms with Crippen LogP contribution in [0.15, 0.2) is 18.2 Å². The average Bonchev–Trinajstić information content (AvgIpc) is 2.26. The Kier molecular flexibility index (Phi) is 4.39. The summed E-state index contributed by atoms with van der Waals surface area (Å²) in [5.74, 6) is 0. The zero-order valence-corrected chi connectivity index (χ0v) is 9.83. The molecule has 1 rings (SSSR count). The highest BCUT2D eigenvalue weighted by molar-refractivity contribution is 6.33. The molecule has 1 atom stereocenters. The van der Waals surface area contributed by atoms with Gasteiger partial charge in [0.05, 0.1) is 17.3 Å². The number of para-hydroxylation sites is 1. The number of nitrogens with two attached hydrogens (primary N) is 1. The smallest absolute Gasteiger partial charge is 0.0642 e. The highest BCUT2D eigenvalue weighted by Crippen LogP contribution is 2.29. The van der Waals surface area contributed by atoms with E-state index in [-0.39, 0.29) is 12.6 Å². The van der Waals surface area contributed by atoms with E-state index in [1.807, 2.05) is 37.1 Å². The van der Waals surface area contributed by atoms with Crippen LogP contribution in [0.2, 0.25) is 5.02 Å². The Morgan fingerprint density at radius 2 is 2.20 bits per heavy atom. The standard InChI is InChI=1S/C11H17ClN2O/c1-8(7-15)14(2)11-9(6-13)4-3-5-10(11)12/h3-5,8,15H,6-7,13H2,1-2H3. The molecule has 0 saturated heterocycles. The Morgan fingerprint density at radius 1 is 1.53 bits per heavy atom. The molecule has 0 saturated carbocycles. The third-order valence-corrected chi connectivity index (χ3v) is 2.87. The first-order valence-corrected chi connectivity index (χ1v) is 5.30. The van der Waals surface area contributed by atoms with Gasteiger partial charge in [-0.1, -0.05) is 23.7 Å². The van der Waals surface area contributed by atoms with Crippen molar-refractivity contribution in [2.24, 2.45) is 5.73 Å². The fourth-order valence-electron chi connectivity index (χ4n) is 1.46. The molecule has 0 amide bonds. The fraction of sp³-hybridized carbons (Fsp3) is 0.455. The largest absolute Gasteiger partial charge is 0.394 e. The molecular formula is C11H17ClN2O. The fourth-order valence-corrected chi connectivity index (χ4v) is 1.79. The number of halogens is 1. The number of hydrogen-bond donors (Lipinski definition) is 2. The van der Waals surface area contributed by atoms with Crippen LogP contribution in [-0.2, 0) is 6.54 Å². The molecule has 0 radical (unpaired) electrons. The van der Waals surface area contributed by atoms with Gasteiger partial charge in [-0.15, -0.1) is 0 Å². The molecule has 1 aromatic rings. The molecule has 0 heterocycles. The molecule has 1 aromatic carbocycles. The number of rotatable bonds is 4. The predicted molar refractivity (Wildman–Crippen MR) is 64.3 cm³/mol. The summed E-state index contributed by atoms with van der Waals surface area (Å²) in [6, 6.07) is 5.68. The van der Waals surface area contributed by atoms with Gasteiger partial charge < -0.3 is 15.7 Å². The van der Waals surface area contributed by atoms with Crippen LogP contribution in [0.5, 0.6) is 0 Å². The average molecular weight is 229 g/mol. The lowest BCUT2D eigenvalue weighted by molar-refractivity contribution is 0.270. The van der Waals surface area contributed by atoms with E-state index in [4.69, 9.17) is 22.4 Å². The first-order valence-electron chi connectivity index (χ1n) is 4.93. The van der Waals surface area contributed by atoms with E-state index in [1.165, 1.54) is 0 Å². The second kappa shape index (κ2) is 5.35. The molecule has 0 aromatic heterocycles. The maximum absolute atomic E-state index is 9.10. The number of aliphatic hydroxyl groups excluding tert-OH is 1. The van der Waals surface area contributed by atoms with E-state index in [9.17, 15) is 0 Å². The van der Waals surface area contributed by atoms with Crippen molar-refractivity contribution in [3.05, 3.63) is 28.8 Å². The van der Waals surface area contributed by atoms with Crippen LogP contribution in [0.4, 0.5) is 5.69 Å². The Hall–Kier alpha value is -0.770. The number of nitrogens with zero attached hydrogens (tertiary/aromatic N) is 1. The first kappa shape index (κ1) is 12.3. The van der Waals surface area contributed by atoms with E-state index in [2.05, 4.69) is 0 Å². The van der Waals surface area contributed by atoms with Crippen molar-refractivity contribution in [2.75, 3.05) is 18.6 Å². The number of benzene rings is 1. The predicted octanol–water partition coefficient (Wildman–Crippen LogP) is 1.62. The minimum Gasteiger partial charge on any atom is -0.394 e. The van der Waals surface area contributed by atoms with Crippen LogP contribution in [0.25, 0.3) is 0 Å². The molecule has 3 N–H and O–H groups in total. The maximum Gasteiger partial charge on any atom is 0.0642 e. The first-order chi connectivity index (χ1) is 7.11. The van der Waals surface area contributed by atoms with Gasteiger partial charge in [-0.05, 0) is 18.6 Å². The third kappa shape index (κ3) is 2.62. The van der Waals surface area contributed by atoms with Gasteiger partial charge >= 0.3 is 0 Å². The van der Waals surface area contributed by atoms with Crippen molar-refractivity contribution in [1.82, 2.24) is 0 Å². The highest BCUT2D eigenvalue weighted by atomic mass is 35.5. The Labute approximate surface area is 95.5 Å². The molecule has 84 valence electrons. The summed E-state index contributed by atoms with van der Waals surface area (Å²) in [4.78, 5) is 1.95. The zero-order chi connectivity index (χ0) is 11.4. The lowest BCUT2D eigenvalue weighted by atomic mass is 10.1. The van der Waals surface area contributed by atoms with Gasteiger partial charge in [0.1, 0.15) is 0 Å². The van der Waals surface area contributed by atoms with Gasteiger partial charge in [0, 0.05) is 19.6 Å². The second-order valence-corrected chi connectivity index (χ2v) is 4.00. The van der Waals surface area contributed by atoms with Gasteiger partial charge in [0.2, 0.25) is 0 Å². The molecule has 0 aliphatic heterocycles. The Bertz CT molecular complexity index is 330. The highest BCUT2D eigenvalue weighted by Gasteiger charge is 2.15. The molecular weight excluding hydrogens is 212 g/mol. The summed E-state index contributed by atoms with van der Waals surface area (Å²) in [7, 11) is 1.90. The molecule has 0 bridgehead atoms. The summed E-state index contributed by atoms with van der Waals surface area (Å²) >= 11 is 6.13. The van der Waals surface area contributed by atoms with Crippen molar-refractivity contribution < 1.29 is 5.11 Å². The molecule has 0 fully saturated rings. The topological polar surface area (TPSA) is 49.5 Å². The van der Waals surface area contributed by atoms with Crippen molar-refractivity contribution in [3.8, 4) is 0 Å². The van der Waals surface area contributed by atoms with Gasteiger partial charge in [0.15, 0.2) is 0 Å². The monoisotopic (exact) mass is 228 g/mol. The quantitative estimate of drug-likeness (QED) is 0.824. The van der Waals surface area contributed by atoms with Crippen LogP contribution in [0.3, 0.4) is 0 Å². The van der Waals surface area contributed by atoms with Crippen molar-refractivity contribution in [1.29, 1.82) is 0 Å². The van der Waals surface area contributed by atoms with Crippen LogP contribution in [0.1, 0.15) is 12.5 Å². The summed E-state index contributed by atoms with van der Waals surface area (Å²) in [5.41, 5.74) is 7.55. The molecule has 4 heteroatoms. The second-order valence-electron chi connectivity index (χ2n) is 3.59. The van der Waals surface area contributed by atoms with E-state index in [0.717, 1.165) is 11.3 Å². The number of likely N-dealkylation sites (N-methyl/N-ethyl adjacent to an activating group) is 1. The summed E-state index contributed by atoms with van der Waals surface area (Å²) in [5, 5.41) is 9.77. The van der Waals surface area contributed by atoms with Crippen molar-refractivity contribution >= 4 is 17.3 Å². The van der Waals surface area contributed by atoms with Gasteiger partial charge in [-0.25, -0.2) is 0 Å². The van der Waals surface area contributed by atoms with E-state index >= 15 is 0 Å². The summed E-state index contributed by atoms with van der Waals surface area (Å²) in [6.45, 7) is 2.47. The molecule has 15 heavy (non-hydrogen) atoms. The molecule has 0 aliphatic carbocycles. The van der Waals surface area contributed by atoms with Crippen molar-refractivity contribution in [3.63, 3.8) is 0 Å². The minimum absolute atomic E-state index is 0.0233. The summed E-state index contributed by atoms with van der Waals surface area (Å²) in [6.07, 6.45) is 0. The number of hydrogen-bond acceptors (Lipinski definition) is 3. The maximum atomic E-state index is 9.10. The Balaban J connectivity index is 3.10.